The highest BCUT2D eigenvalue weighted by molar-refractivity contribution is 5.89. The fourth-order valence-electron chi connectivity index (χ4n) is 9.16. The summed E-state index contributed by atoms with van der Waals surface area (Å²) < 4.78 is 0. The Bertz CT molecular complexity index is 733. The van der Waals surface area contributed by atoms with E-state index in [2.05, 4.69) is 54.5 Å². The molecular formula is C29H48O2. The first-order chi connectivity index (χ1) is 14.4. The molecule has 4 rings (SSSR count). The molecule has 0 unspecified atom stereocenters. The number of rotatable bonds is 5. The second-order valence-corrected chi connectivity index (χ2v) is 13.3. The van der Waals surface area contributed by atoms with Crippen molar-refractivity contribution in [2.45, 2.75) is 112 Å². The Morgan fingerprint density at radius 2 is 1.71 bits per heavy atom. The van der Waals surface area contributed by atoms with Gasteiger partial charge in [0.25, 0.3) is 0 Å². The first-order valence-corrected chi connectivity index (χ1v) is 13.4. The van der Waals surface area contributed by atoms with Crippen LogP contribution in [0, 0.1) is 51.8 Å². The number of fused-ring (bicyclic) bond motifs is 5. The van der Waals surface area contributed by atoms with Gasteiger partial charge in [-0.2, -0.15) is 0 Å². The van der Waals surface area contributed by atoms with E-state index in [0.29, 0.717) is 29.0 Å². The summed E-state index contributed by atoms with van der Waals surface area (Å²) in [7, 11) is 0. The predicted molar refractivity (Wildman–Crippen MR) is 129 cm³/mol. The minimum atomic E-state index is -0.272. The first kappa shape index (κ1) is 23.5. The lowest BCUT2D eigenvalue weighted by Crippen LogP contribution is -2.54. The lowest BCUT2D eigenvalue weighted by Gasteiger charge is -2.60. The standard InChI is InChI=1S/C29H48O2/c1-18(2)8-12-24(30)19(3)21-10-11-22-20-9-13-25-27(4,5)26(31)15-17-29(25,7)23(20)14-16-28(21,22)6/h13,18-24,30H,8-12,14-17H2,1-7H3/t19-,20-,21+,22-,23-,24+,28+,29+/m0/s1. The van der Waals surface area contributed by atoms with Crippen LogP contribution in [0.5, 0.6) is 0 Å². The number of ketones is 1. The van der Waals surface area contributed by atoms with Crippen molar-refractivity contribution in [1.29, 1.82) is 0 Å². The van der Waals surface area contributed by atoms with Crippen molar-refractivity contribution in [2.75, 3.05) is 0 Å². The van der Waals surface area contributed by atoms with Gasteiger partial charge in [0, 0.05) is 11.8 Å². The minimum Gasteiger partial charge on any atom is -0.393 e. The zero-order chi connectivity index (χ0) is 22.8. The average molecular weight is 429 g/mol. The van der Waals surface area contributed by atoms with Crippen molar-refractivity contribution in [3.8, 4) is 0 Å². The molecule has 3 saturated carbocycles. The van der Waals surface area contributed by atoms with Crippen molar-refractivity contribution >= 4 is 5.78 Å². The van der Waals surface area contributed by atoms with E-state index in [9.17, 15) is 9.90 Å². The van der Waals surface area contributed by atoms with Crippen LogP contribution in [-0.4, -0.2) is 17.0 Å². The van der Waals surface area contributed by atoms with E-state index in [1.165, 1.54) is 37.7 Å². The number of carbonyl (C=O) groups is 1. The molecule has 4 aliphatic carbocycles. The van der Waals surface area contributed by atoms with Crippen LogP contribution in [0.1, 0.15) is 106 Å². The molecule has 1 N–H and O–H groups in total. The summed E-state index contributed by atoms with van der Waals surface area (Å²) in [5, 5.41) is 11.0. The number of aliphatic hydroxyl groups excluding tert-OH is 1. The molecule has 0 heterocycles. The predicted octanol–water partition coefficient (Wildman–Crippen LogP) is 7.20. The van der Waals surface area contributed by atoms with Gasteiger partial charge in [-0.15, -0.1) is 0 Å². The highest BCUT2D eigenvalue weighted by Gasteiger charge is 2.61. The van der Waals surface area contributed by atoms with Gasteiger partial charge in [-0.1, -0.05) is 46.3 Å². The maximum atomic E-state index is 12.7. The number of carbonyl (C=O) groups excluding carboxylic acids is 1. The van der Waals surface area contributed by atoms with Crippen molar-refractivity contribution < 1.29 is 9.90 Å². The van der Waals surface area contributed by atoms with Gasteiger partial charge in [0.05, 0.1) is 6.10 Å². The van der Waals surface area contributed by atoms with Crippen LogP contribution in [0.2, 0.25) is 0 Å². The fourth-order valence-corrected chi connectivity index (χ4v) is 9.16. The smallest absolute Gasteiger partial charge is 0.142 e. The third kappa shape index (κ3) is 3.58. The van der Waals surface area contributed by atoms with Crippen LogP contribution in [0.15, 0.2) is 11.6 Å². The molecule has 3 fully saturated rings. The van der Waals surface area contributed by atoms with E-state index >= 15 is 0 Å². The zero-order valence-corrected chi connectivity index (χ0v) is 21.3. The van der Waals surface area contributed by atoms with Crippen molar-refractivity contribution in [3.05, 3.63) is 11.6 Å². The molecule has 0 aromatic rings. The Balaban J connectivity index is 1.56. The molecule has 0 spiro atoms. The Hall–Kier alpha value is -0.630. The fraction of sp³-hybridized carbons (Fsp3) is 0.897. The van der Waals surface area contributed by atoms with Crippen LogP contribution < -0.4 is 0 Å². The van der Waals surface area contributed by atoms with Crippen LogP contribution >= 0.6 is 0 Å². The number of hydrogen-bond donors (Lipinski definition) is 1. The maximum Gasteiger partial charge on any atom is 0.142 e. The quantitative estimate of drug-likeness (QED) is 0.470. The van der Waals surface area contributed by atoms with Gasteiger partial charge < -0.3 is 5.11 Å². The van der Waals surface area contributed by atoms with Crippen molar-refractivity contribution in [1.82, 2.24) is 0 Å². The highest BCUT2D eigenvalue weighted by Crippen LogP contribution is 2.68. The largest absolute Gasteiger partial charge is 0.393 e. The van der Waals surface area contributed by atoms with E-state index in [1.807, 2.05) is 0 Å². The normalized spacial score (nSPS) is 43.6. The summed E-state index contributed by atoms with van der Waals surface area (Å²) in [4.78, 5) is 12.7. The summed E-state index contributed by atoms with van der Waals surface area (Å²) in [5.41, 5.74) is 1.78. The SMILES string of the molecule is CC(C)CC[C@@H](O)[C@@H](C)[C@H]1CC[C@H]2[C@@H]3CC=C4C(C)(C)C(=O)CC[C@]4(C)[C@H]3CC[C@]12C. The molecular weight excluding hydrogens is 380 g/mol. The summed E-state index contributed by atoms with van der Waals surface area (Å²) >= 11 is 0. The Kier molecular flexibility index (Phi) is 6.07. The van der Waals surface area contributed by atoms with Gasteiger partial charge in [0.15, 0.2) is 0 Å². The third-order valence-electron chi connectivity index (χ3n) is 11.1. The summed E-state index contributed by atoms with van der Waals surface area (Å²) in [6.45, 7) is 16.3. The monoisotopic (exact) mass is 428 g/mol. The zero-order valence-electron chi connectivity index (χ0n) is 21.3. The number of Topliss-reactive ketones (excluding diaryl/α,β-unsaturated/α-hetero) is 1. The Morgan fingerprint density at radius 3 is 2.39 bits per heavy atom. The lowest BCUT2D eigenvalue weighted by atomic mass is 9.44. The van der Waals surface area contributed by atoms with Gasteiger partial charge >= 0.3 is 0 Å². The molecule has 31 heavy (non-hydrogen) atoms. The first-order valence-electron chi connectivity index (χ1n) is 13.4. The molecule has 0 aromatic carbocycles. The Labute approximate surface area is 191 Å². The van der Waals surface area contributed by atoms with Crippen LogP contribution in [0.3, 0.4) is 0 Å². The Morgan fingerprint density at radius 1 is 1.00 bits per heavy atom. The molecule has 0 radical (unpaired) electrons. The summed E-state index contributed by atoms with van der Waals surface area (Å²) in [5.74, 6) is 4.45. The molecule has 2 nitrogen and oxygen atoms in total. The van der Waals surface area contributed by atoms with E-state index in [-0.39, 0.29) is 16.9 Å². The molecule has 2 heteroatoms. The van der Waals surface area contributed by atoms with Crippen molar-refractivity contribution in [3.63, 3.8) is 0 Å². The second kappa shape index (κ2) is 8.00. The van der Waals surface area contributed by atoms with Gasteiger partial charge in [-0.05, 0) is 112 Å². The maximum absolute atomic E-state index is 12.7. The average Bonchev–Trinajstić information content (AvgIpc) is 3.06. The molecule has 0 saturated heterocycles. The number of aliphatic hydroxyl groups is 1. The van der Waals surface area contributed by atoms with Crippen LogP contribution in [-0.2, 0) is 4.79 Å². The lowest BCUT2D eigenvalue weighted by molar-refractivity contribution is -0.132. The minimum absolute atomic E-state index is 0.152. The summed E-state index contributed by atoms with van der Waals surface area (Å²) in [6.07, 6.45) is 12.7. The van der Waals surface area contributed by atoms with Gasteiger partial charge in [-0.25, -0.2) is 0 Å². The second-order valence-electron chi connectivity index (χ2n) is 13.3. The van der Waals surface area contributed by atoms with Crippen molar-refractivity contribution in [2.24, 2.45) is 51.8 Å². The van der Waals surface area contributed by atoms with Crippen LogP contribution in [0.25, 0.3) is 0 Å². The number of hydrogen-bond acceptors (Lipinski definition) is 2. The topological polar surface area (TPSA) is 37.3 Å². The molecule has 4 aliphatic rings. The molecule has 0 aromatic heterocycles. The molecule has 0 bridgehead atoms. The molecule has 0 amide bonds. The molecule has 176 valence electrons. The van der Waals surface area contributed by atoms with E-state index < -0.39 is 0 Å². The highest BCUT2D eigenvalue weighted by atomic mass is 16.3. The van der Waals surface area contributed by atoms with Gasteiger partial charge in [0.1, 0.15) is 5.78 Å². The molecule has 8 atom stereocenters. The third-order valence-corrected chi connectivity index (χ3v) is 11.1. The van der Waals surface area contributed by atoms with Crippen LogP contribution in [0.4, 0.5) is 0 Å². The van der Waals surface area contributed by atoms with Gasteiger partial charge in [-0.3, -0.25) is 4.79 Å². The van der Waals surface area contributed by atoms with E-state index in [0.717, 1.165) is 43.4 Å². The number of allylic oxidation sites excluding steroid dienone is 2. The van der Waals surface area contributed by atoms with Gasteiger partial charge in [0.2, 0.25) is 0 Å². The van der Waals surface area contributed by atoms with E-state index in [4.69, 9.17) is 0 Å². The summed E-state index contributed by atoms with van der Waals surface area (Å²) in [6, 6.07) is 0. The molecule has 0 aliphatic heterocycles. The van der Waals surface area contributed by atoms with E-state index in [1.54, 1.807) is 0 Å².